The molecule has 144 valence electrons. The van der Waals surface area contributed by atoms with Crippen molar-refractivity contribution in [1.82, 2.24) is 14.8 Å². The molecule has 1 atom stereocenters. The molecule has 0 bridgehead atoms. The number of anilines is 1. The number of nitrogens with zero attached hydrogens (tertiary/aromatic N) is 2. The third-order valence-electron chi connectivity index (χ3n) is 4.90. The van der Waals surface area contributed by atoms with E-state index in [4.69, 9.17) is 0 Å². The zero-order chi connectivity index (χ0) is 19.2. The van der Waals surface area contributed by atoms with Gasteiger partial charge in [-0.2, -0.15) is 0 Å². The summed E-state index contributed by atoms with van der Waals surface area (Å²) in [4.78, 5) is 28.0. The Morgan fingerprint density at radius 1 is 1.15 bits per heavy atom. The molecule has 1 fully saturated rings. The Morgan fingerprint density at radius 3 is 2.59 bits per heavy atom. The summed E-state index contributed by atoms with van der Waals surface area (Å²) in [6, 6.07) is 11.6. The van der Waals surface area contributed by atoms with E-state index in [-0.39, 0.29) is 6.04 Å². The van der Waals surface area contributed by atoms with E-state index >= 15 is 0 Å². The quantitative estimate of drug-likeness (QED) is 0.592. The molecular formula is C20H26N4O2S. The fraction of sp³-hybridized carbons (Fsp3) is 0.400. The van der Waals surface area contributed by atoms with E-state index in [9.17, 15) is 9.59 Å². The Kier molecular flexibility index (Phi) is 6.58. The first-order valence-corrected chi connectivity index (χ1v) is 10.4. The van der Waals surface area contributed by atoms with Crippen LogP contribution in [0.2, 0.25) is 0 Å². The molecule has 1 aliphatic heterocycles. The zero-order valence-corrected chi connectivity index (χ0v) is 16.6. The molecule has 2 aromatic rings. The standard InChI is InChI=1S/C20H26N4O2S/c1-23-10-6-9-17(23)18(24-11-3-4-12-24)14-21-19(25)20(26)22-15-7-5-8-16(13-15)27-2/h5-10,13,18H,3-4,11-12,14H2,1-2H3,(H,21,25)(H,22,26). The normalized spacial score (nSPS) is 15.5. The van der Waals surface area contributed by atoms with E-state index in [1.165, 1.54) is 12.8 Å². The van der Waals surface area contributed by atoms with Gasteiger partial charge in [-0.05, 0) is 62.5 Å². The van der Waals surface area contributed by atoms with Crippen LogP contribution < -0.4 is 10.6 Å². The molecule has 1 unspecified atom stereocenters. The molecular weight excluding hydrogens is 360 g/mol. The smallest absolute Gasteiger partial charge is 0.313 e. The summed E-state index contributed by atoms with van der Waals surface area (Å²) in [6.07, 6.45) is 6.31. The number of hydrogen-bond donors (Lipinski definition) is 2. The van der Waals surface area contributed by atoms with Crippen LogP contribution in [0.4, 0.5) is 5.69 Å². The number of benzene rings is 1. The third kappa shape index (κ3) is 4.93. The van der Waals surface area contributed by atoms with Crippen molar-refractivity contribution < 1.29 is 9.59 Å². The van der Waals surface area contributed by atoms with Crippen LogP contribution in [0, 0.1) is 0 Å². The largest absolute Gasteiger partial charge is 0.353 e. The molecule has 3 rings (SSSR count). The molecule has 1 aromatic heterocycles. The minimum atomic E-state index is -0.639. The highest BCUT2D eigenvalue weighted by Crippen LogP contribution is 2.24. The Hall–Kier alpha value is -2.25. The van der Waals surface area contributed by atoms with Gasteiger partial charge in [-0.3, -0.25) is 14.5 Å². The fourth-order valence-corrected chi connectivity index (χ4v) is 3.91. The first kappa shape index (κ1) is 19.5. The van der Waals surface area contributed by atoms with Crippen molar-refractivity contribution in [2.45, 2.75) is 23.8 Å². The van der Waals surface area contributed by atoms with E-state index in [2.05, 4.69) is 26.2 Å². The Labute approximate surface area is 164 Å². The Balaban J connectivity index is 1.61. The third-order valence-corrected chi connectivity index (χ3v) is 5.62. The molecule has 0 radical (unpaired) electrons. The first-order chi connectivity index (χ1) is 13.1. The van der Waals surface area contributed by atoms with Gasteiger partial charge < -0.3 is 15.2 Å². The number of carbonyl (C=O) groups excluding carboxylic acids is 2. The average Bonchev–Trinajstić information content (AvgIpc) is 3.34. The number of hydrogen-bond acceptors (Lipinski definition) is 4. The number of thioether (sulfide) groups is 1. The number of aromatic nitrogens is 1. The summed E-state index contributed by atoms with van der Waals surface area (Å²) in [7, 11) is 2.01. The lowest BCUT2D eigenvalue weighted by Crippen LogP contribution is -2.41. The number of nitrogens with one attached hydrogen (secondary N) is 2. The van der Waals surface area contributed by atoms with Gasteiger partial charge in [-0.15, -0.1) is 11.8 Å². The maximum atomic E-state index is 12.3. The summed E-state index contributed by atoms with van der Waals surface area (Å²) < 4.78 is 2.07. The van der Waals surface area contributed by atoms with Gasteiger partial charge in [0.15, 0.2) is 0 Å². The van der Waals surface area contributed by atoms with Crippen LogP contribution >= 0.6 is 11.8 Å². The summed E-state index contributed by atoms with van der Waals surface area (Å²) >= 11 is 1.59. The van der Waals surface area contributed by atoms with Gasteiger partial charge >= 0.3 is 11.8 Å². The number of rotatable bonds is 6. The van der Waals surface area contributed by atoms with E-state index in [1.54, 1.807) is 17.8 Å². The van der Waals surface area contributed by atoms with Crippen LogP contribution in [0.25, 0.3) is 0 Å². The number of likely N-dealkylation sites (tertiary alicyclic amines) is 1. The number of amides is 2. The molecule has 1 aromatic carbocycles. The second-order valence-corrected chi connectivity index (χ2v) is 7.58. The fourth-order valence-electron chi connectivity index (χ4n) is 3.45. The highest BCUT2D eigenvalue weighted by molar-refractivity contribution is 7.98. The van der Waals surface area contributed by atoms with E-state index in [1.807, 2.05) is 43.8 Å². The molecule has 27 heavy (non-hydrogen) atoms. The van der Waals surface area contributed by atoms with E-state index < -0.39 is 11.8 Å². The Morgan fingerprint density at radius 2 is 1.93 bits per heavy atom. The lowest BCUT2D eigenvalue weighted by Gasteiger charge is -2.28. The van der Waals surface area contributed by atoms with Gasteiger partial charge in [0.25, 0.3) is 0 Å². The monoisotopic (exact) mass is 386 g/mol. The second kappa shape index (κ2) is 9.10. The molecule has 0 aliphatic carbocycles. The molecule has 2 heterocycles. The van der Waals surface area contributed by atoms with Gasteiger partial charge in [0.05, 0.1) is 6.04 Å². The predicted octanol–water partition coefficient (Wildman–Crippen LogP) is 2.64. The van der Waals surface area contributed by atoms with Gasteiger partial charge in [0.2, 0.25) is 0 Å². The minimum absolute atomic E-state index is 0.0732. The van der Waals surface area contributed by atoms with Crippen molar-refractivity contribution in [3.63, 3.8) is 0 Å². The van der Waals surface area contributed by atoms with Crippen molar-refractivity contribution in [2.75, 3.05) is 31.2 Å². The predicted molar refractivity (Wildman–Crippen MR) is 109 cm³/mol. The summed E-state index contributed by atoms with van der Waals surface area (Å²) in [6.45, 7) is 2.44. The van der Waals surface area contributed by atoms with Crippen molar-refractivity contribution in [3.05, 3.63) is 48.3 Å². The van der Waals surface area contributed by atoms with E-state index in [0.717, 1.165) is 23.7 Å². The van der Waals surface area contributed by atoms with Gasteiger partial charge in [0.1, 0.15) is 0 Å². The molecule has 1 aliphatic rings. The highest BCUT2D eigenvalue weighted by atomic mass is 32.2. The van der Waals surface area contributed by atoms with Crippen LogP contribution in [-0.2, 0) is 16.6 Å². The van der Waals surface area contributed by atoms with E-state index in [0.29, 0.717) is 12.2 Å². The van der Waals surface area contributed by atoms with Crippen molar-refractivity contribution in [1.29, 1.82) is 0 Å². The minimum Gasteiger partial charge on any atom is -0.353 e. The molecule has 7 heteroatoms. The van der Waals surface area contributed by atoms with Crippen LogP contribution in [0.15, 0.2) is 47.5 Å². The maximum Gasteiger partial charge on any atom is 0.313 e. The first-order valence-electron chi connectivity index (χ1n) is 9.17. The molecule has 2 amide bonds. The van der Waals surface area contributed by atoms with Crippen molar-refractivity contribution in [3.8, 4) is 0 Å². The number of aryl methyl sites for hydroxylation is 1. The SMILES string of the molecule is CSc1cccc(NC(=O)C(=O)NCC(c2cccn2C)N2CCCC2)c1. The molecule has 1 saturated heterocycles. The molecule has 6 nitrogen and oxygen atoms in total. The van der Waals surface area contributed by atoms with Crippen molar-refractivity contribution >= 4 is 29.3 Å². The maximum absolute atomic E-state index is 12.3. The Bertz CT molecular complexity index is 799. The highest BCUT2D eigenvalue weighted by Gasteiger charge is 2.26. The summed E-state index contributed by atoms with van der Waals surface area (Å²) in [5.74, 6) is -1.25. The summed E-state index contributed by atoms with van der Waals surface area (Å²) in [5, 5.41) is 5.49. The topological polar surface area (TPSA) is 66.4 Å². The van der Waals surface area contributed by atoms with Gasteiger partial charge in [0, 0.05) is 36.1 Å². The van der Waals surface area contributed by atoms with Gasteiger partial charge in [-0.25, -0.2) is 0 Å². The van der Waals surface area contributed by atoms with Gasteiger partial charge in [-0.1, -0.05) is 6.07 Å². The lowest BCUT2D eigenvalue weighted by molar-refractivity contribution is -0.136. The van der Waals surface area contributed by atoms with Crippen molar-refractivity contribution in [2.24, 2.45) is 7.05 Å². The summed E-state index contributed by atoms with van der Waals surface area (Å²) in [5.41, 5.74) is 1.77. The van der Waals surface area contributed by atoms with Crippen LogP contribution in [-0.4, -0.2) is 47.2 Å². The zero-order valence-electron chi connectivity index (χ0n) is 15.8. The second-order valence-electron chi connectivity index (χ2n) is 6.70. The lowest BCUT2D eigenvalue weighted by atomic mass is 10.1. The van der Waals surface area contributed by atoms with Crippen LogP contribution in [0.1, 0.15) is 24.6 Å². The molecule has 0 saturated carbocycles. The van der Waals surface area contributed by atoms with Crippen LogP contribution in [0.5, 0.6) is 0 Å². The molecule has 0 spiro atoms. The average molecular weight is 387 g/mol. The van der Waals surface area contributed by atoms with Crippen LogP contribution in [0.3, 0.4) is 0 Å². The number of carbonyl (C=O) groups is 2. The molecule has 2 N–H and O–H groups in total.